The summed E-state index contributed by atoms with van der Waals surface area (Å²) >= 11 is 0. The molecule has 0 unspecified atom stereocenters. The van der Waals surface area contributed by atoms with Crippen molar-refractivity contribution in [1.82, 2.24) is 10.3 Å². The Hall–Kier alpha value is -2.76. The number of hydrogen-bond donors (Lipinski definition) is 2. The van der Waals surface area contributed by atoms with Gasteiger partial charge in [-0.05, 0) is 49.1 Å². The molecular formula is C21H27N3O3. The Bertz CT molecular complexity index is 756. The lowest BCUT2D eigenvalue weighted by Crippen LogP contribution is -2.33. The van der Waals surface area contributed by atoms with Gasteiger partial charge < -0.3 is 20.1 Å². The monoisotopic (exact) mass is 369 g/mol. The predicted octanol–water partition coefficient (Wildman–Crippen LogP) is 3.43. The third-order valence-corrected chi connectivity index (χ3v) is 4.88. The summed E-state index contributed by atoms with van der Waals surface area (Å²) in [6.45, 7) is 0.755. The molecule has 1 aromatic carbocycles. The third-order valence-electron chi connectivity index (χ3n) is 4.88. The Labute approximate surface area is 160 Å². The highest BCUT2D eigenvalue weighted by Crippen LogP contribution is 2.27. The molecule has 3 rings (SSSR count). The first-order valence-electron chi connectivity index (χ1n) is 9.41. The molecule has 1 aliphatic rings. The van der Waals surface area contributed by atoms with Crippen LogP contribution in [0.4, 0.5) is 5.69 Å². The van der Waals surface area contributed by atoms with E-state index in [1.54, 1.807) is 26.5 Å². The molecule has 1 fully saturated rings. The predicted molar refractivity (Wildman–Crippen MR) is 106 cm³/mol. The number of hydrogen-bond acceptors (Lipinski definition) is 5. The minimum absolute atomic E-state index is 0.0845. The smallest absolute Gasteiger partial charge is 0.270 e. The van der Waals surface area contributed by atoms with Crippen molar-refractivity contribution in [2.45, 2.75) is 38.1 Å². The molecule has 1 heterocycles. The van der Waals surface area contributed by atoms with Gasteiger partial charge in [-0.15, -0.1) is 0 Å². The first-order chi connectivity index (χ1) is 13.2. The minimum Gasteiger partial charge on any atom is -0.493 e. The summed E-state index contributed by atoms with van der Waals surface area (Å²) in [5.74, 6) is 1.37. The van der Waals surface area contributed by atoms with E-state index in [1.807, 2.05) is 24.3 Å². The summed E-state index contributed by atoms with van der Waals surface area (Å²) < 4.78 is 10.6. The number of benzene rings is 1. The van der Waals surface area contributed by atoms with E-state index in [0.29, 0.717) is 11.7 Å². The lowest BCUT2D eigenvalue weighted by atomic mass is 10.1. The van der Waals surface area contributed by atoms with E-state index in [0.717, 1.165) is 48.6 Å². The van der Waals surface area contributed by atoms with Crippen LogP contribution in [-0.2, 0) is 6.42 Å². The normalized spacial score (nSPS) is 14.0. The van der Waals surface area contributed by atoms with Crippen molar-refractivity contribution in [2.24, 2.45) is 0 Å². The molecule has 2 aromatic rings. The average Bonchev–Trinajstić information content (AvgIpc) is 3.21. The summed E-state index contributed by atoms with van der Waals surface area (Å²) in [6, 6.07) is 9.88. The zero-order chi connectivity index (χ0) is 19.1. The lowest BCUT2D eigenvalue weighted by Gasteiger charge is -2.12. The molecule has 0 spiro atoms. The van der Waals surface area contributed by atoms with Crippen LogP contribution in [0.5, 0.6) is 11.5 Å². The summed E-state index contributed by atoms with van der Waals surface area (Å²) in [5.41, 5.74) is 2.51. The van der Waals surface area contributed by atoms with Gasteiger partial charge >= 0.3 is 0 Å². The fraction of sp³-hybridized carbons (Fsp3) is 0.429. The summed E-state index contributed by atoms with van der Waals surface area (Å²) in [7, 11) is 3.26. The van der Waals surface area contributed by atoms with Crippen LogP contribution < -0.4 is 20.1 Å². The Morgan fingerprint density at radius 2 is 1.89 bits per heavy atom. The van der Waals surface area contributed by atoms with Gasteiger partial charge in [-0.1, -0.05) is 18.9 Å². The second-order valence-corrected chi connectivity index (χ2v) is 6.75. The fourth-order valence-corrected chi connectivity index (χ4v) is 3.35. The number of methoxy groups -OCH3 is 2. The third kappa shape index (κ3) is 5.12. The number of anilines is 1. The number of carbonyl (C=O) groups is 1. The van der Waals surface area contributed by atoms with E-state index < -0.39 is 0 Å². The highest BCUT2D eigenvalue weighted by atomic mass is 16.5. The molecule has 144 valence electrons. The maximum absolute atomic E-state index is 12.2. The topological polar surface area (TPSA) is 72.5 Å². The lowest BCUT2D eigenvalue weighted by molar-refractivity contribution is 0.0933. The first kappa shape index (κ1) is 19.0. The molecule has 0 saturated heterocycles. The van der Waals surface area contributed by atoms with Crippen molar-refractivity contribution in [3.8, 4) is 11.5 Å². The number of carbonyl (C=O) groups excluding carboxylic acids is 1. The molecule has 1 saturated carbocycles. The molecule has 0 atom stereocenters. The van der Waals surface area contributed by atoms with E-state index in [9.17, 15) is 4.79 Å². The van der Waals surface area contributed by atoms with E-state index in [2.05, 4.69) is 15.6 Å². The van der Waals surface area contributed by atoms with Gasteiger partial charge in [-0.2, -0.15) is 0 Å². The van der Waals surface area contributed by atoms with Crippen LogP contribution in [0.15, 0.2) is 36.5 Å². The number of amides is 1. The van der Waals surface area contributed by atoms with Crippen LogP contribution in [0, 0.1) is 0 Å². The molecule has 6 heteroatoms. The van der Waals surface area contributed by atoms with Crippen molar-refractivity contribution >= 4 is 11.6 Å². The Kier molecular flexibility index (Phi) is 6.52. The molecule has 6 nitrogen and oxygen atoms in total. The van der Waals surface area contributed by atoms with Crippen molar-refractivity contribution in [3.63, 3.8) is 0 Å². The Balaban J connectivity index is 1.49. The Morgan fingerprint density at radius 1 is 1.11 bits per heavy atom. The van der Waals surface area contributed by atoms with Crippen molar-refractivity contribution < 1.29 is 14.3 Å². The highest BCUT2D eigenvalue weighted by Gasteiger charge is 2.18. The zero-order valence-corrected chi connectivity index (χ0v) is 16.0. The van der Waals surface area contributed by atoms with E-state index >= 15 is 0 Å². The minimum atomic E-state index is -0.0845. The summed E-state index contributed by atoms with van der Waals surface area (Å²) in [6.07, 6.45) is 7.08. The van der Waals surface area contributed by atoms with Gasteiger partial charge in [0.2, 0.25) is 0 Å². The number of pyridine rings is 1. The van der Waals surface area contributed by atoms with Crippen LogP contribution in [0.2, 0.25) is 0 Å². The van der Waals surface area contributed by atoms with Gasteiger partial charge in [0.05, 0.1) is 26.1 Å². The highest BCUT2D eigenvalue weighted by molar-refractivity contribution is 5.92. The number of nitrogens with one attached hydrogen (secondary N) is 2. The molecule has 1 amide bonds. The molecule has 27 heavy (non-hydrogen) atoms. The van der Waals surface area contributed by atoms with Gasteiger partial charge in [-0.3, -0.25) is 4.79 Å². The quantitative estimate of drug-likeness (QED) is 0.746. The molecular weight excluding hydrogens is 342 g/mol. The fourth-order valence-electron chi connectivity index (χ4n) is 3.35. The largest absolute Gasteiger partial charge is 0.493 e. The standard InChI is InChI=1S/C21H27N3O3/c1-26-19-10-7-15(13-20(19)27-2)11-12-22-17-8-9-18(23-14-17)21(25)24-16-5-3-4-6-16/h7-10,13-14,16,22H,3-6,11-12H2,1-2H3,(H,24,25). The number of rotatable bonds is 8. The van der Waals surface area contributed by atoms with Gasteiger partial charge in [0.1, 0.15) is 5.69 Å². The number of ether oxygens (including phenoxy) is 2. The van der Waals surface area contributed by atoms with Crippen molar-refractivity contribution in [3.05, 3.63) is 47.8 Å². The molecule has 0 radical (unpaired) electrons. The average molecular weight is 369 g/mol. The van der Waals surface area contributed by atoms with Crippen molar-refractivity contribution in [2.75, 3.05) is 26.1 Å². The zero-order valence-electron chi connectivity index (χ0n) is 16.0. The first-order valence-corrected chi connectivity index (χ1v) is 9.41. The van der Waals surface area contributed by atoms with Crippen LogP contribution in [0.3, 0.4) is 0 Å². The molecule has 1 aromatic heterocycles. The number of aromatic nitrogens is 1. The molecule has 0 bridgehead atoms. The maximum Gasteiger partial charge on any atom is 0.270 e. The van der Waals surface area contributed by atoms with Gasteiger partial charge in [0, 0.05) is 12.6 Å². The van der Waals surface area contributed by atoms with Crippen molar-refractivity contribution in [1.29, 1.82) is 0 Å². The summed E-state index contributed by atoms with van der Waals surface area (Å²) in [5, 5.41) is 6.39. The summed E-state index contributed by atoms with van der Waals surface area (Å²) in [4.78, 5) is 16.5. The van der Waals surface area contributed by atoms with Crippen LogP contribution in [0.25, 0.3) is 0 Å². The van der Waals surface area contributed by atoms with E-state index in [-0.39, 0.29) is 5.91 Å². The Morgan fingerprint density at radius 3 is 2.56 bits per heavy atom. The second-order valence-electron chi connectivity index (χ2n) is 6.75. The van der Waals surface area contributed by atoms with E-state index in [1.165, 1.54) is 12.8 Å². The van der Waals surface area contributed by atoms with Gasteiger partial charge in [0.15, 0.2) is 11.5 Å². The molecule has 1 aliphatic carbocycles. The number of nitrogens with zero attached hydrogens (tertiary/aromatic N) is 1. The molecule has 2 N–H and O–H groups in total. The van der Waals surface area contributed by atoms with E-state index in [4.69, 9.17) is 9.47 Å². The van der Waals surface area contributed by atoms with Gasteiger partial charge in [-0.25, -0.2) is 4.98 Å². The SMILES string of the molecule is COc1ccc(CCNc2ccc(C(=O)NC3CCCC3)nc2)cc1OC. The van der Waals surface area contributed by atoms with Crippen LogP contribution in [0.1, 0.15) is 41.7 Å². The van der Waals surface area contributed by atoms with Crippen LogP contribution >= 0.6 is 0 Å². The second kappa shape index (κ2) is 9.26. The molecule has 0 aliphatic heterocycles. The van der Waals surface area contributed by atoms with Crippen LogP contribution in [-0.4, -0.2) is 37.7 Å². The maximum atomic E-state index is 12.2. The van der Waals surface area contributed by atoms with Gasteiger partial charge in [0.25, 0.3) is 5.91 Å².